The molecule has 3 rings (SSSR count). The molecular weight excluding hydrogens is 448 g/mol. The lowest BCUT2D eigenvalue weighted by atomic mass is 10.2. The third-order valence-corrected chi connectivity index (χ3v) is 6.36. The second kappa shape index (κ2) is 9.58. The Hall–Kier alpha value is -3.10. The van der Waals surface area contributed by atoms with Crippen LogP contribution in [0.1, 0.15) is 22.5 Å². The molecule has 9 heteroatoms. The Kier molecular flexibility index (Phi) is 7.06. The van der Waals surface area contributed by atoms with Crippen molar-refractivity contribution in [3.05, 3.63) is 82.1 Å². The fourth-order valence-electron chi connectivity index (χ4n) is 3.49. The van der Waals surface area contributed by atoms with E-state index < -0.39 is 15.9 Å². The number of aromatic nitrogens is 1. The number of carbonyl (C=O) groups is 1. The Bertz CT molecular complexity index is 1280. The molecule has 0 saturated heterocycles. The summed E-state index contributed by atoms with van der Waals surface area (Å²) in [6.07, 6.45) is 2.61. The summed E-state index contributed by atoms with van der Waals surface area (Å²) in [5.41, 5.74) is 7.30. The zero-order valence-electron chi connectivity index (χ0n) is 18.3. The highest BCUT2D eigenvalue weighted by Gasteiger charge is 2.22. The average Bonchev–Trinajstić information content (AvgIpc) is 2.99. The Morgan fingerprint density at radius 3 is 2.50 bits per heavy atom. The monoisotopic (exact) mass is 472 g/mol. The smallest absolute Gasteiger partial charge is 0.260 e. The Morgan fingerprint density at radius 1 is 1.12 bits per heavy atom. The Labute approximate surface area is 193 Å². The van der Waals surface area contributed by atoms with Crippen LogP contribution in [0, 0.1) is 20.8 Å². The van der Waals surface area contributed by atoms with Gasteiger partial charge in [0.25, 0.3) is 5.91 Å². The second-order valence-electron chi connectivity index (χ2n) is 7.49. The molecule has 32 heavy (non-hydrogen) atoms. The van der Waals surface area contributed by atoms with Gasteiger partial charge in [-0.3, -0.25) is 9.10 Å². The summed E-state index contributed by atoms with van der Waals surface area (Å²) in [6, 6.07) is 16.5. The highest BCUT2D eigenvalue weighted by molar-refractivity contribution is 7.92. The van der Waals surface area contributed by atoms with Crippen LogP contribution in [-0.4, -0.2) is 37.9 Å². The number of aryl methyl sites for hydroxylation is 2. The molecule has 1 amide bonds. The summed E-state index contributed by atoms with van der Waals surface area (Å²) in [5, 5.41) is 4.67. The number of para-hydroxylation sites is 1. The van der Waals surface area contributed by atoms with Gasteiger partial charge in [-0.1, -0.05) is 35.9 Å². The van der Waals surface area contributed by atoms with Crippen molar-refractivity contribution >= 4 is 39.4 Å². The summed E-state index contributed by atoms with van der Waals surface area (Å²) in [5.74, 6) is -0.543. The van der Waals surface area contributed by atoms with E-state index in [2.05, 4.69) is 10.5 Å². The van der Waals surface area contributed by atoms with Crippen LogP contribution in [-0.2, 0) is 14.8 Å². The number of sulfonamides is 1. The third-order valence-electron chi connectivity index (χ3n) is 5.00. The number of amides is 1. The molecule has 1 aromatic heterocycles. The Balaban J connectivity index is 1.75. The van der Waals surface area contributed by atoms with E-state index in [9.17, 15) is 13.2 Å². The lowest BCUT2D eigenvalue weighted by Gasteiger charge is -2.23. The number of carbonyl (C=O) groups excluding carboxylic acids is 1. The topological polar surface area (TPSA) is 83.8 Å². The van der Waals surface area contributed by atoms with Crippen LogP contribution in [0.2, 0.25) is 5.02 Å². The van der Waals surface area contributed by atoms with Crippen LogP contribution in [0.3, 0.4) is 0 Å². The summed E-state index contributed by atoms with van der Waals surface area (Å²) in [7, 11) is -3.65. The van der Waals surface area contributed by atoms with Crippen LogP contribution in [0.25, 0.3) is 5.69 Å². The lowest BCUT2D eigenvalue weighted by Crippen LogP contribution is -2.39. The molecule has 0 spiro atoms. The zero-order chi connectivity index (χ0) is 23.5. The summed E-state index contributed by atoms with van der Waals surface area (Å²) in [6.45, 7) is 5.33. The van der Waals surface area contributed by atoms with Gasteiger partial charge in [0.15, 0.2) is 0 Å². The van der Waals surface area contributed by atoms with Gasteiger partial charge in [0.05, 0.1) is 18.2 Å². The fourth-order valence-corrected chi connectivity index (χ4v) is 4.59. The summed E-state index contributed by atoms with van der Waals surface area (Å²) < 4.78 is 27.6. The van der Waals surface area contributed by atoms with Crippen LogP contribution in [0.4, 0.5) is 5.69 Å². The molecule has 0 saturated carbocycles. The van der Waals surface area contributed by atoms with Gasteiger partial charge in [0.1, 0.15) is 6.54 Å². The molecule has 2 aromatic carbocycles. The number of hydrogen-bond acceptors (Lipinski definition) is 4. The molecule has 168 valence electrons. The largest absolute Gasteiger partial charge is 0.318 e. The van der Waals surface area contributed by atoms with E-state index >= 15 is 0 Å². The number of rotatable bonds is 7. The number of hydrazone groups is 1. The van der Waals surface area contributed by atoms with Crippen molar-refractivity contribution in [2.75, 3.05) is 17.1 Å². The van der Waals surface area contributed by atoms with E-state index in [4.69, 9.17) is 11.6 Å². The van der Waals surface area contributed by atoms with E-state index in [0.717, 1.165) is 38.8 Å². The number of halogens is 1. The second-order valence-corrected chi connectivity index (χ2v) is 9.83. The van der Waals surface area contributed by atoms with E-state index in [1.54, 1.807) is 31.3 Å². The van der Waals surface area contributed by atoms with Gasteiger partial charge in [-0.25, -0.2) is 13.8 Å². The lowest BCUT2D eigenvalue weighted by molar-refractivity contribution is -0.119. The number of anilines is 1. The maximum atomic E-state index is 12.4. The van der Waals surface area contributed by atoms with Gasteiger partial charge in [-0.15, -0.1) is 0 Å². The fraction of sp³-hybridized carbons (Fsp3) is 0.217. The van der Waals surface area contributed by atoms with Gasteiger partial charge >= 0.3 is 0 Å². The number of nitrogens with zero attached hydrogens (tertiary/aromatic N) is 3. The molecule has 7 nitrogen and oxygen atoms in total. The van der Waals surface area contributed by atoms with Crippen molar-refractivity contribution in [3.8, 4) is 5.69 Å². The van der Waals surface area contributed by atoms with Crippen molar-refractivity contribution in [2.24, 2.45) is 5.10 Å². The average molecular weight is 473 g/mol. The minimum absolute atomic E-state index is 0.372. The first-order chi connectivity index (χ1) is 15.1. The van der Waals surface area contributed by atoms with Crippen LogP contribution in [0.15, 0.2) is 59.7 Å². The Morgan fingerprint density at radius 2 is 1.84 bits per heavy atom. The molecule has 0 fully saturated rings. The van der Waals surface area contributed by atoms with Gasteiger partial charge < -0.3 is 4.57 Å². The molecule has 0 unspecified atom stereocenters. The quantitative estimate of drug-likeness (QED) is 0.417. The molecule has 0 aliphatic rings. The van der Waals surface area contributed by atoms with Crippen LogP contribution < -0.4 is 9.73 Å². The summed E-state index contributed by atoms with van der Waals surface area (Å²) in [4.78, 5) is 12.4. The maximum absolute atomic E-state index is 12.4. The minimum atomic E-state index is -3.65. The molecule has 3 aromatic rings. The molecule has 0 aliphatic carbocycles. The number of benzene rings is 2. The molecular formula is C23H25ClN4O3S. The van der Waals surface area contributed by atoms with E-state index in [-0.39, 0.29) is 6.54 Å². The highest BCUT2D eigenvalue weighted by Crippen LogP contribution is 2.23. The minimum Gasteiger partial charge on any atom is -0.318 e. The SMILES string of the molecule is Cc1ccccc1N(CC(=O)N/N=C/c1cc(C)n(-c2cccc(Cl)c2)c1C)S(C)(=O)=O. The first-order valence-electron chi connectivity index (χ1n) is 9.88. The predicted octanol–water partition coefficient (Wildman–Crippen LogP) is 3.97. The first kappa shape index (κ1) is 23.6. The molecule has 1 N–H and O–H groups in total. The van der Waals surface area contributed by atoms with Crippen LogP contribution in [0.5, 0.6) is 0 Å². The van der Waals surface area contributed by atoms with E-state index in [1.165, 1.54) is 0 Å². The molecule has 0 bridgehead atoms. The van der Waals surface area contributed by atoms with Gasteiger partial charge in [0.2, 0.25) is 10.0 Å². The number of hydrogen-bond donors (Lipinski definition) is 1. The molecule has 0 aliphatic heterocycles. The first-order valence-corrected chi connectivity index (χ1v) is 12.1. The maximum Gasteiger partial charge on any atom is 0.260 e. The zero-order valence-corrected chi connectivity index (χ0v) is 19.9. The molecule has 0 atom stereocenters. The predicted molar refractivity (Wildman–Crippen MR) is 129 cm³/mol. The van der Waals surface area contributed by atoms with Crippen molar-refractivity contribution in [2.45, 2.75) is 20.8 Å². The van der Waals surface area contributed by atoms with Crippen molar-refractivity contribution < 1.29 is 13.2 Å². The number of nitrogens with one attached hydrogen (secondary N) is 1. The van der Waals surface area contributed by atoms with E-state index in [0.29, 0.717) is 10.7 Å². The van der Waals surface area contributed by atoms with Crippen molar-refractivity contribution in [1.82, 2.24) is 9.99 Å². The van der Waals surface area contributed by atoms with Gasteiger partial charge in [-0.05, 0) is 56.7 Å². The molecule has 0 radical (unpaired) electrons. The van der Waals surface area contributed by atoms with Gasteiger partial charge in [-0.2, -0.15) is 5.10 Å². The molecule has 1 heterocycles. The standard InChI is InChI=1S/C23H25ClN4O3S/c1-16-8-5-6-11-22(16)27(32(4,30)31)15-23(29)26-25-14-19-12-17(2)28(18(19)3)21-10-7-9-20(24)13-21/h5-14H,15H2,1-4H3,(H,26,29)/b25-14+. The van der Waals surface area contributed by atoms with E-state index in [1.807, 2.05) is 54.8 Å². The van der Waals surface area contributed by atoms with Crippen molar-refractivity contribution in [3.63, 3.8) is 0 Å². The van der Waals surface area contributed by atoms with Crippen LogP contribution >= 0.6 is 11.6 Å². The highest BCUT2D eigenvalue weighted by atomic mass is 35.5. The van der Waals surface area contributed by atoms with Gasteiger partial charge in [0, 0.05) is 27.7 Å². The normalized spacial score (nSPS) is 11.7. The third kappa shape index (κ3) is 5.38. The summed E-state index contributed by atoms with van der Waals surface area (Å²) >= 11 is 6.12. The van der Waals surface area contributed by atoms with Crippen molar-refractivity contribution in [1.29, 1.82) is 0 Å².